The number of hydrogen-bond acceptors (Lipinski definition) is 11. The van der Waals surface area contributed by atoms with E-state index in [9.17, 15) is 19.8 Å². The minimum absolute atomic E-state index is 0.0343. The summed E-state index contributed by atoms with van der Waals surface area (Å²) in [5.41, 5.74) is -0.595. The first kappa shape index (κ1) is 43.2. The summed E-state index contributed by atoms with van der Waals surface area (Å²) in [7, 11) is 0.0232. The fourth-order valence-corrected chi connectivity index (χ4v) is 9.94. The van der Waals surface area contributed by atoms with Gasteiger partial charge in [-0.2, -0.15) is 0 Å². The van der Waals surface area contributed by atoms with Crippen molar-refractivity contribution in [2.75, 3.05) is 39.9 Å². The molecule has 0 unspecified atom stereocenters. The number of phenols is 1. The van der Waals surface area contributed by atoms with E-state index in [1.54, 1.807) is 24.3 Å². The number of pyridine rings is 1. The van der Waals surface area contributed by atoms with Gasteiger partial charge in [-0.05, 0) is 111 Å². The number of nitrogens with one attached hydrogen (secondary N) is 2. The zero-order chi connectivity index (χ0) is 39.6. The number of carbonyl (C=O) groups excluding carboxylic acids is 1. The Morgan fingerprint density at radius 1 is 0.964 bits per heavy atom. The Balaban J connectivity index is 0.962. The molecule has 0 amide bonds. The molecule has 0 saturated heterocycles. The predicted octanol–water partition coefficient (Wildman–Crippen LogP) is 8.31. The highest BCUT2D eigenvalue weighted by Gasteiger charge is 2.45. The van der Waals surface area contributed by atoms with Gasteiger partial charge in [-0.25, -0.2) is 4.79 Å². The Morgan fingerprint density at radius 2 is 1.64 bits per heavy atom. The largest absolute Gasteiger partial charge is 0.506 e. The van der Waals surface area contributed by atoms with Crippen molar-refractivity contribution in [3.63, 3.8) is 0 Å². The van der Waals surface area contributed by atoms with Gasteiger partial charge in [0.05, 0.1) is 28.0 Å². The molecular weight excluding hydrogens is 751 g/mol. The lowest BCUT2D eigenvalue weighted by atomic mass is 9.91. The van der Waals surface area contributed by atoms with Gasteiger partial charge in [0.25, 0.3) is 0 Å². The lowest BCUT2D eigenvalue weighted by Crippen LogP contribution is -2.43. The number of H-pyrrole nitrogens is 1. The van der Waals surface area contributed by atoms with E-state index in [-0.39, 0.29) is 28.6 Å². The van der Waals surface area contributed by atoms with Crippen LogP contribution >= 0.6 is 22.7 Å². The highest BCUT2D eigenvalue weighted by Crippen LogP contribution is 2.41. The van der Waals surface area contributed by atoms with Gasteiger partial charge in [0.1, 0.15) is 11.9 Å². The summed E-state index contributed by atoms with van der Waals surface area (Å²) in [5, 5.41) is 30.2. The topological polar surface area (TPSA) is 133 Å². The van der Waals surface area contributed by atoms with Crippen molar-refractivity contribution >= 4 is 47.9 Å². The number of likely N-dealkylation sites (N-methyl/N-ethyl adjacent to an activating group) is 1. The maximum absolute atomic E-state index is 13.3. The summed E-state index contributed by atoms with van der Waals surface area (Å²) in [6.45, 7) is 15.0. The molecule has 1 atom stereocenters. The monoisotopic (exact) mass is 811 g/mol. The van der Waals surface area contributed by atoms with Gasteiger partial charge in [-0.3, -0.25) is 4.79 Å². The number of fused-ring (bicyclic) bond motifs is 1. The van der Waals surface area contributed by atoms with E-state index in [4.69, 9.17) is 13.9 Å². The first-order valence-corrected chi connectivity index (χ1v) is 24.4. The number of carbonyl (C=O) groups is 1. The van der Waals surface area contributed by atoms with Crippen molar-refractivity contribution in [3.8, 4) is 5.75 Å². The quantitative estimate of drug-likeness (QED) is 0.0395. The Hall–Kier alpha value is -2.88. The Morgan fingerprint density at radius 3 is 2.27 bits per heavy atom. The van der Waals surface area contributed by atoms with Crippen LogP contribution in [-0.2, 0) is 24.3 Å². The summed E-state index contributed by atoms with van der Waals surface area (Å²) < 4.78 is 18.9. The lowest BCUT2D eigenvalue weighted by Gasteiger charge is -2.39. The summed E-state index contributed by atoms with van der Waals surface area (Å²) in [4.78, 5) is 31.7. The number of esters is 1. The highest BCUT2D eigenvalue weighted by molar-refractivity contribution is 7.12. The maximum Gasteiger partial charge on any atom is 0.349 e. The molecule has 4 N–H and O–H groups in total. The van der Waals surface area contributed by atoms with Gasteiger partial charge in [-0.1, -0.05) is 51.8 Å². The maximum atomic E-state index is 13.3. The number of aromatic hydroxyl groups is 1. The van der Waals surface area contributed by atoms with E-state index in [0.29, 0.717) is 34.5 Å². The van der Waals surface area contributed by atoms with Crippen LogP contribution < -0.4 is 10.9 Å². The van der Waals surface area contributed by atoms with Gasteiger partial charge < -0.3 is 39.3 Å². The summed E-state index contributed by atoms with van der Waals surface area (Å²) in [6.07, 6.45) is 7.32. The number of aromatic nitrogens is 1. The van der Waals surface area contributed by atoms with Gasteiger partial charge >= 0.3 is 5.97 Å². The second-order valence-corrected chi connectivity index (χ2v) is 23.0. The molecule has 0 bridgehead atoms. The molecule has 302 valence electrons. The third-order valence-electron chi connectivity index (χ3n) is 11.4. The minimum atomic E-state index is -2.12. The van der Waals surface area contributed by atoms with Crippen molar-refractivity contribution < 1.29 is 28.9 Å². The van der Waals surface area contributed by atoms with Crippen LogP contribution in [0.5, 0.6) is 5.75 Å². The predicted molar refractivity (Wildman–Crippen MR) is 226 cm³/mol. The van der Waals surface area contributed by atoms with E-state index in [1.165, 1.54) is 28.7 Å². The summed E-state index contributed by atoms with van der Waals surface area (Å²) >= 11 is 2.72. The van der Waals surface area contributed by atoms with Crippen LogP contribution in [0.1, 0.15) is 93.6 Å². The zero-order valence-electron chi connectivity index (χ0n) is 33.4. The molecular formula is C42H61N3O7S2Si. The van der Waals surface area contributed by atoms with E-state index < -0.39 is 19.9 Å². The third kappa shape index (κ3) is 11.2. The third-order valence-corrected chi connectivity index (χ3v) is 17.8. The Bertz CT molecular complexity index is 1800. The van der Waals surface area contributed by atoms with Crippen molar-refractivity contribution in [2.24, 2.45) is 0 Å². The minimum Gasteiger partial charge on any atom is -0.506 e. The van der Waals surface area contributed by atoms with E-state index in [2.05, 4.69) is 56.1 Å². The average molecular weight is 812 g/mol. The van der Waals surface area contributed by atoms with Crippen LogP contribution in [0.4, 0.5) is 0 Å². The highest BCUT2D eigenvalue weighted by atomic mass is 32.1. The molecule has 3 aromatic heterocycles. The van der Waals surface area contributed by atoms with Crippen LogP contribution in [0.15, 0.2) is 64.1 Å². The van der Waals surface area contributed by atoms with Crippen LogP contribution in [0.2, 0.25) is 18.1 Å². The number of aromatic amines is 1. The first-order valence-electron chi connectivity index (χ1n) is 19.7. The lowest BCUT2D eigenvalue weighted by molar-refractivity contribution is -0.169. The average Bonchev–Trinajstić information content (AvgIpc) is 3.90. The molecule has 13 heteroatoms. The SMILES string of the molecule is CN(CCOCCCCCCNC[C@H](O[Si](C)(C)C(C)(C)C)c1ccc(O)c2[nH]c(=O)ccc12)C1CCC(OC(=O)C(O)(c2cccs2)c2cccs2)CC1. The fraction of sp³-hybridized carbons (Fsp3) is 0.571. The number of thiophene rings is 2. The van der Waals surface area contributed by atoms with Crippen molar-refractivity contribution in [1.29, 1.82) is 0 Å². The summed E-state index contributed by atoms with van der Waals surface area (Å²) in [6, 6.07) is 14.5. The number of nitrogens with zero attached hydrogens (tertiary/aromatic N) is 1. The van der Waals surface area contributed by atoms with Gasteiger partial charge in [0, 0.05) is 37.2 Å². The first-order chi connectivity index (χ1) is 26.2. The number of unbranched alkanes of at least 4 members (excludes halogenated alkanes) is 3. The second-order valence-electron chi connectivity index (χ2n) is 16.4. The van der Waals surface area contributed by atoms with Crippen LogP contribution in [0.25, 0.3) is 10.9 Å². The summed E-state index contributed by atoms with van der Waals surface area (Å²) in [5.74, 6) is -0.527. The fourth-order valence-electron chi connectivity index (χ4n) is 6.95. The molecule has 1 fully saturated rings. The van der Waals surface area contributed by atoms with Crippen LogP contribution in [-0.4, -0.2) is 86.4 Å². The Labute approximate surface area is 335 Å². The molecule has 1 aromatic carbocycles. The molecule has 5 rings (SSSR count). The van der Waals surface area contributed by atoms with Gasteiger partial charge in [0.15, 0.2) is 8.32 Å². The molecule has 1 aliphatic rings. The van der Waals surface area contributed by atoms with Crippen molar-refractivity contribution in [2.45, 2.75) is 114 Å². The number of phenolic OH excluding ortho intramolecular Hbond substituents is 1. The number of hydrogen-bond donors (Lipinski definition) is 4. The van der Waals surface area contributed by atoms with Crippen molar-refractivity contribution in [1.82, 2.24) is 15.2 Å². The van der Waals surface area contributed by atoms with Crippen LogP contribution in [0, 0.1) is 0 Å². The number of rotatable bonds is 20. The number of aliphatic hydroxyl groups is 1. The van der Waals surface area contributed by atoms with Crippen LogP contribution in [0.3, 0.4) is 0 Å². The zero-order valence-corrected chi connectivity index (χ0v) is 36.0. The Kier molecular flexibility index (Phi) is 15.3. The van der Waals surface area contributed by atoms with E-state index in [1.807, 2.05) is 29.0 Å². The molecule has 3 heterocycles. The molecule has 1 aliphatic carbocycles. The van der Waals surface area contributed by atoms with E-state index >= 15 is 0 Å². The standard InChI is InChI=1S/C42H61N3O7S2Si/c1-41(2,3)55(5,6)52-35(32-19-21-34(46)39-33(32)20-22-38(47)44-39)29-43-23-9-7-8-10-25-50-26-24-45(4)30-15-17-31(18-16-30)51-40(48)42(49,36-13-11-27-53-36)37-14-12-28-54-37/h11-14,19-22,27-28,30-31,35,43,46,49H,7-10,15-18,23-26,29H2,1-6H3,(H,44,47)/t30?,31?,35-/m0/s1. The number of ether oxygens (including phenoxy) is 2. The van der Waals surface area contributed by atoms with Gasteiger partial charge in [0.2, 0.25) is 11.2 Å². The molecule has 0 aliphatic heterocycles. The van der Waals surface area contributed by atoms with Crippen molar-refractivity contribution in [3.05, 3.63) is 85.0 Å². The molecule has 0 radical (unpaired) electrons. The molecule has 10 nitrogen and oxygen atoms in total. The normalized spacial score (nSPS) is 17.5. The van der Waals surface area contributed by atoms with E-state index in [0.717, 1.165) is 82.0 Å². The molecule has 0 spiro atoms. The molecule has 55 heavy (non-hydrogen) atoms. The smallest absolute Gasteiger partial charge is 0.349 e. The molecule has 1 saturated carbocycles. The van der Waals surface area contributed by atoms with Gasteiger partial charge in [-0.15, -0.1) is 22.7 Å². The number of benzene rings is 1. The molecule has 4 aromatic rings. The second kappa shape index (κ2) is 19.5.